The van der Waals surface area contributed by atoms with Crippen LogP contribution in [-0.2, 0) is 0 Å². The molecule has 0 aliphatic heterocycles. The summed E-state index contributed by atoms with van der Waals surface area (Å²) >= 11 is 3.41. The molecule has 1 unspecified atom stereocenters. The lowest BCUT2D eigenvalue weighted by molar-refractivity contribution is 0.415. The van der Waals surface area contributed by atoms with Crippen LogP contribution in [0.5, 0.6) is 0 Å². The van der Waals surface area contributed by atoms with Gasteiger partial charge in [-0.15, -0.1) is 0 Å². The topological polar surface area (TPSA) is 51.2 Å². The van der Waals surface area contributed by atoms with Crippen molar-refractivity contribution >= 4 is 15.9 Å². The molecule has 4 heteroatoms. The second kappa shape index (κ2) is 5.42. The smallest absolute Gasteiger partial charge is 0.136 e. The van der Waals surface area contributed by atoms with Crippen molar-refractivity contribution in [1.82, 2.24) is 5.32 Å². The Kier molecular flexibility index (Phi) is 4.48. The Morgan fingerprint density at radius 1 is 1.69 bits per heavy atom. The molecule has 0 aliphatic rings. The van der Waals surface area contributed by atoms with Crippen molar-refractivity contribution in [3.63, 3.8) is 0 Å². The number of nitrogens with one attached hydrogen (secondary N) is 1. The van der Waals surface area contributed by atoms with E-state index in [1.807, 2.05) is 6.07 Å². The number of rotatable bonds is 5. The highest BCUT2D eigenvalue weighted by molar-refractivity contribution is 9.10. The zero-order chi connectivity index (χ0) is 9.68. The molecule has 1 aromatic heterocycles. The summed E-state index contributed by atoms with van der Waals surface area (Å²) in [7, 11) is 0. The molecular weight excluding hydrogens is 232 g/mol. The van der Waals surface area contributed by atoms with Gasteiger partial charge in [-0.1, -0.05) is 6.92 Å². The average molecular weight is 247 g/mol. The number of hydrogen-bond donors (Lipinski definition) is 2. The monoisotopic (exact) mass is 246 g/mol. The lowest BCUT2D eigenvalue weighted by Crippen LogP contribution is -2.28. The number of halogens is 1. The molecule has 0 saturated carbocycles. The van der Waals surface area contributed by atoms with Gasteiger partial charge in [0.25, 0.3) is 0 Å². The Balaban J connectivity index is 2.61. The van der Waals surface area contributed by atoms with E-state index in [4.69, 9.17) is 10.2 Å². The number of hydrogen-bond acceptors (Lipinski definition) is 3. The quantitative estimate of drug-likeness (QED) is 0.837. The summed E-state index contributed by atoms with van der Waals surface area (Å²) in [5, 5.41) is 3.31. The summed E-state index contributed by atoms with van der Waals surface area (Å²) in [5.41, 5.74) is 5.63. The normalized spacial score (nSPS) is 13.2. The average Bonchev–Trinajstić information content (AvgIpc) is 2.54. The maximum Gasteiger partial charge on any atom is 0.136 e. The van der Waals surface area contributed by atoms with Gasteiger partial charge in [0.2, 0.25) is 0 Å². The molecule has 0 bridgehead atoms. The second-order valence-corrected chi connectivity index (χ2v) is 3.73. The van der Waals surface area contributed by atoms with Crippen LogP contribution in [0.15, 0.2) is 21.2 Å². The minimum absolute atomic E-state index is 0.115. The molecule has 1 atom stereocenters. The molecular formula is C9H15BrN2O. The zero-order valence-electron chi connectivity index (χ0n) is 7.72. The first-order chi connectivity index (χ1) is 6.29. The Hall–Kier alpha value is -0.320. The summed E-state index contributed by atoms with van der Waals surface area (Å²) in [4.78, 5) is 0. The number of furan rings is 1. The van der Waals surface area contributed by atoms with Crippen LogP contribution in [0.3, 0.4) is 0 Å². The summed E-state index contributed by atoms with van der Waals surface area (Å²) in [5.74, 6) is 0.885. The highest BCUT2D eigenvalue weighted by atomic mass is 79.9. The van der Waals surface area contributed by atoms with Crippen LogP contribution in [-0.4, -0.2) is 13.1 Å². The molecule has 1 rings (SSSR count). The van der Waals surface area contributed by atoms with E-state index in [0.29, 0.717) is 6.54 Å². The first kappa shape index (κ1) is 10.8. The highest BCUT2D eigenvalue weighted by Crippen LogP contribution is 2.23. The van der Waals surface area contributed by atoms with Crippen molar-refractivity contribution in [3.8, 4) is 0 Å². The molecule has 0 saturated heterocycles. The fourth-order valence-corrected chi connectivity index (χ4v) is 1.63. The van der Waals surface area contributed by atoms with Gasteiger partial charge in [0.1, 0.15) is 5.76 Å². The lowest BCUT2D eigenvalue weighted by Gasteiger charge is -2.13. The van der Waals surface area contributed by atoms with Crippen molar-refractivity contribution in [1.29, 1.82) is 0 Å². The van der Waals surface area contributed by atoms with Crippen molar-refractivity contribution in [3.05, 3.63) is 22.6 Å². The van der Waals surface area contributed by atoms with Gasteiger partial charge in [-0.05, 0) is 35.0 Å². The molecule has 3 nitrogen and oxygen atoms in total. The third-order valence-electron chi connectivity index (χ3n) is 1.84. The molecule has 3 N–H and O–H groups in total. The van der Waals surface area contributed by atoms with Crippen LogP contribution in [0.25, 0.3) is 0 Å². The van der Waals surface area contributed by atoms with E-state index in [-0.39, 0.29) is 6.04 Å². The predicted molar refractivity (Wildman–Crippen MR) is 56.5 cm³/mol. The molecule has 1 heterocycles. The third-order valence-corrected chi connectivity index (χ3v) is 2.49. The van der Waals surface area contributed by atoms with Gasteiger partial charge < -0.3 is 15.5 Å². The molecule has 0 aliphatic carbocycles. The van der Waals surface area contributed by atoms with Crippen molar-refractivity contribution in [2.45, 2.75) is 19.4 Å². The van der Waals surface area contributed by atoms with E-state index in [0.717, 1.165) is 23.2 Å². The Bertz CT molecular complexity index is 250. The van der Waals surface area contributed by atoms with Crippen LogP contribution in [0.1, 0.15) is 25.1 Å². The standard InChI is InChI=1S/C9H15BrN2O/c1-2-4-12-8(6-11)9-7(10)3-5-13-9/h3,5,8,12H,2,4,6,11H2,1H3. The minimum Gasteiger partial charge on any atom is -0.466 e. The van der Waals surface area contributed by atoms with Gasteiger partial charge in [-0.25, -0.2) is 0 Å². The molecule has 0 fully saturated rings. The second-order valence-electron chi connectivity index (χ2n) is 2.88. The van der Waals surface area contributed by atoms with Crippen molar-refractivity contribution < 1.29 is 4.42 Å². The maximum atomic E-state index is 5.63. The van der Waals surface area contributed by atoms with E-state index < -0.39 is 0 Å². The Morgan fingerprint density at radius 3 is 2.92 bits per heavy atom. The Morgan fingerprint density at radius 2 is 2.46 bits per heavy atom. The summed E-state index contributed by atoms with van der Waals surface area (Å²) in [6.45, 7) is 3.62. The molecule has 0 spiro atoms. The minimum atomic E-state index is 0.115. The van der Waals surface area contributed by atoms with Crippen LogP contribution >= 0.6 is 15.9 Å². The Labute approximate surface area is 86.8 Å². The molecule has 0 radical (unpaired) electrons. The van der Waals surface area contributed by atoms with Crippen LogP contribution in [0, 0.1) is 0 Å². The maximum absolute atomic E-state index is 5.63. The van der Waals surface area contributed by atoms with E-state index in [1.165, 1.54) is 0 Å². The fourth-order valence-electron chi connectivity index (χ4n) is 1.16. The first-order valence-electron chi connectivity index (χ1n) is 4.46. The number of nitrogens with two attached hydrogens (primary N) is 1. The van der Waals surface area contributed by atoms with Crippen LogP contribution in [0.4, 0.5) is 0 Å². The van der Waals surface area contributed by atoms with Crippen LogP contribution < -0.4 is 11.1 Å². The van der Waals surface area contributed by atoms with Gasteiger partial charge in [0.15, 0.2) is 0 Å². The lowest BCUT2D eigenvalue weighted by atomic mass is 10.2. The van der Waals surface area contributed by atoms with Gasteiger partial charge in [0.05, 0.1) is 16.8 Å². The highest BCUT2D eigenvalue weighted by Gasteiger charge is 2.14. The third kappa shape index (κ3) is 2.83. The van der Waals surface area contributed by atoms with Crippen molar-refractivity contribution in [2.24, 2.45) is 5.73 Å². The van der Waals surface area contributed by atoms with E-state index in [1.54, 1.807) is 6.26 Å². The zero-order valence-corrected chi connectivity index (χ0v) is 9.30. The first-order valence-corrected chi connectivity index (χ1v) is 5.25. The fraction of sp³-hybridized carbons (Fsp3) is 0.556. The predicted octanol–water partition coefficient (Wildman–Crippen LogP) is 2.04. The molecule has 74 valence electrons. The molecule has 13 heavy (non-hydrogen) atoms. The van der Waals surface area contributed by atoms with Crippen LogP contribution in [0.2, 0.25) is 0 Å². The summed E-state index contributed by atoms with van der Waals surface area (Å²) < 4.78 is 6.30. The SMILES string of the molecule is CCCNC(CN)c1occc1Br. The van der Waals surface area contributed by atoms with Gasteiger partial charge in [-0.2, -0.15) is 0 Å². The van der Waals surface area contributed by atoms with Crippen molar-refractivity contribution in [2.75, 3.05) is 13.1 Å². The summed E-state index contributed by atoms with van der Waals surface area (Å²) in [6.07, 6.45) is 2.75. The van der Waals surface area contributed by atoms with Gasteiger partial charge in [-0.3, -0.25) is 0 Å². The van der Waals surface area contributed by atoms with Gasteiger partial charge in [0, 0.05) is 6.54 Å². The summed E-state index contributed by atoms with van der Waals surface area (Å²) in [6, 6.07) is 2.00. The molecule has 0 aromatic carbocycles. The van der Waals surface area contributed by atoms with E-state index >= 15 is 0 Å². The van der Waals surface area contributed by atoms with Gasteiger partial charge >= 0.3 is 0 Å². The van der Waals surface area contributed by atoms with E-state index in [2.05, 4.69) is 28.2 Å². The molecule has 1 aromatic rings. The largest absolute Gasteiger partial charge is 0.466 e. The molecule has 0 amide bonds. The van der Waals surface area contributed by atoms with E-state index in [9.17, 15) is 0 Å².